The van der Waals surface area contributed by atoms with Crippen molar-refractivity contribution in [3.8, 4) is 11.5 Å². The smallest absolute Gasteiger partial charge is 0.271 e. The normalized spacial score (nSPS) is 24.6. The van der Waals surface area contributed by atoms with Gasteiger partial charge in [-0.05, 0) is 44.0 Å². The third-order valence-corrected chi connectivity index (χ3v) is 7.45. The van der Waals surface area contributed by atoms with Crippen molar-refractivity contribution in [2.75, 3.05) is 39.4 Å². The molecule has 8 heteroatoms. The van der Waals surface area contributed by atoms with Crippen molar-refractivity contribution in [3.63, 3.8) is 0 Å². The minimum atomic E-state index is -0.978. The average Bonchev–Trinajstić information content (AvgIpc) is 3.50. The fraction of sp³-hybridized carbons (Fsp3) is 0.600. The van der Waals surface area contributed by atoms with Crippen molar-refractivity contribution >= 4 is 11.8 Å². The maximum absolute atomic E-state index is 13.7. The summed E-state index contributed by atoms with van der Waals surface area (Å²) in [5.41, 5.74) is 0.452. The Labute approximate surface area is 194 Å². The van der Waals surface area contributed by atoms with E-state index in [1.54, 1.807) is 11.2 Å². The van der Waals surface area contributed by atoms with Crippen molar-refractivity contribution in [2.45, 2.75) is 57.2 Å². The van der Waals surface area contributed by atoms with Crippen molar-refractivity contribution < 1.29 is 18.7 Å². The van der Waals surface area contributed by atoms with E-state index in [0.717, 1.165) is 51.0 Å². The number of nitrogens with zero attached hydrogens (tertiary/aromatic N) is 3. The lowest BCUT2D eigenvalue weighted by Gasteiger charge is -2.45. The van der Waals surface area contributed by atoms with E-state index in [2.05, 4.69) is 10.2 Å². The molecule has 0 unspecified atom stereocenters. The van der Waals surface area contributed by atoms with Crippen LogP contribution in [0.1, 0.15) is 49.5 Å². The molecular weight excluding hydrogens is 420 g/mol. The van der Waals surface area contributed by atoms with Gasteiger partial charge < -0.3 is 23.9 Å². The first-order chi connectivity index (χ1) is 16.1. The minimum Gasteiger partial charge on any atom is -0.463 e. The van der Waals surface area contributed by atoms with Gasteiger partial charge in [-0.2, -0.15) is 0 Å². The zero-order valence-corrected chi connectivity index (χ0v) is 19.4. The molecule has 1 atom stereocenters. The molecule has 1 aliphatic carbocycles. The van der Waals surface area contributed by atoms with Gasteiger partial charge >= 0.3 is 0 Å². The Balaban J connectivity index is 1.44. The van der Waals surface area contributed by atoms with Gasteiger partial charge in [0.2, 0.25) is 5.91 Å². The Morgan fingerprint density at radius 2 is 1.85 bits per heavy atom. The largest absolute Gasteiger partial charge is 0.463 e. The summed E-state index contributed by atoms with van der Waals surface area (Å²) in [6, 6.07) is 7.67. The SMILES string of the molecule is C[C@]1(C(=O)NC2CCCCC2)Cn2c(ccc2-c2ccco2)C(=O)N1CCN1CCOCC1. The van der Waals surface area contributed by atoms with E-state index in [9.17, 15) is 9.59 Å². The first-order valence-electron chi connectivity index (χ1n) is 12.2. The third kappa shape index (κ3) is 4.34. The quantitative estimate of drug-likeness (QED) is 0.726. The lowest BCUT2D eigenvalue weighted by Crippen LogP contribution is -2.66. The molecule has 2 fully saturated rings. The Kier molecular flexibility index (Phi) is 6.29. The van der Waals surface area contributed by atoms with Crippen molar-refractivity contribution in [1.29, 1.82) is 0 Å². The summed E-state index contributed by atoms with van der Waals surface area (Å²) >= 11 is 0. The summed E-state index contributed by atoms with van der Waals surface area (Å²) in [5, 5.41) is 3.29. The van der Waals surface area contributed by atoms with Crippen molar-refractivity contribution in [3.05, 3.63) is 36.2 Å². The summed E-state index contributed by atoms with van der Waals surface area (Å²) in [5.74, 6) is 0.536. The number of morpholine rings is 1. The van der Waals surface area contributed by atoms with Crippen LogP contribution < -0.4 is 5.32 Å². The van der Waals surface area contributed by atoms with Crippen LogP contribution in [0.25, 0.3) is 11.5 Å². The highest BCUT2D eigenvalue weighted by Gasteiger charge is 2.48. The van der Waals surface area contributed by atoms with Crippen molar-refractivity contribution in [1.82, 2.24) is 19.7 Å². The van der Waals surface area contributed by atoms with Crippen LogP contribution in [-0.4, -0.2) is 77.2 Å². The summed E-state index contributed by atoms with van der Waals surface area (Å²) in [6.07, 6.45) is 7.17. The lowest BCUT2D eigenvalue weighted by molar-refractivity contribution is -0.134. The van der Waals surface area contributed by atoms with Crippen LogP contribution in [0.4, 0.5) is 0 Å². The van der Waals surface area contributed by atoms with Gasteiger partial charge in [-0.1, -0.05) is 19.3 Å². The second kappa shape index (κ2) is 9.35. The fourth-order valence-electron chi connectivity index (χ4n) is 5.42. The van der Waals surface area contributed by atoms with Crippen LogP contribution in [0.2, 0.25) is 0 Å². The van der Waals surface area contributed by atoms with Crippen LogP contribution in [-0.2, 0) is 16.1 Å². The molecule has 0 radical (unpaired) electrons. The van der Waals surface area contributed by atoms with Gasteiger partial charge in [0.25, 0.3) is 5.91 Å². The molecule has 0 spiro atoms. The number of fused-ring (bicyclic) bond motifs is 1. The van der Waals surface area contributed by atoms with Crippen LogP contribution >= 0.6 is 0 Å². The maximum atomic E-state index is 13.7. The lowest BCUT2D eigenvalue weighted by atomic mass is 9.91. The van der Waals surface area contributed by atoms with Gasteiger partial charge in [-0.15, -0.1) is 0 Å². The zero-order valence-electron chi connectivity index (χ0n) is 19.4. The van der Waals surface area contributed by atoms with Crippen LogP contribution in [0.5, 0.6) is 0 Å². The molecule has 2 aliphatic heterocycles. The molecule has 0 aromatic carbocycles. The highest BCUT2D eigenvalue weighted by molar-refractivity contribution is 6.00. The van der Waals surface area contributed by atoms with Gasteiger partial charge in [-0.25, -0.2) is 0 Å². The molecule has 2 amide bonds. The Bertz CT molecular complexity index is 973. The number of furan rings is 1. The molecule has 4 heterocycles. The molecule has 0 bridgehead atoms. The summed E-state index contributed by atoms with van der Waals surface area (Å²) in [4.78, 5) is 31.6. The van der Waals surface area contributed by atoms with E-state index in [1.165, 1.54) is 6.42 Å². The zero-order chi connectivity index (χ0) is 22.8. The molecule has 3 aliphatic rings. The van der Waals surface area contributed by atoms with E-state index < -0.39 is 5.54 Å². The highest BCUT2D eigenvalue weighted by Crippen LogP contribution is 2.33. The molecule has 1 saturated carbocycles. The molecule has 178 valence electrons. The third-order valence-electron chi connectivity index (χ3n) is 7.45. The van der Waals surface area contributed by atoms with E-state index in [1.807, 2.05) is 35.8 Å². The number of rotatable bonds is 6. The number of aromatic nitrogens is 1. The number of hydrogen-bond donors (Lipinski definition) is 1. The average molecular weight is 455 g/mol. The molecular formula is C25H34N4O4. The standard InChI is InChI=1S/C25H34N4O4/c1-25(24(31)26-19-6-3-2-4-7-19)18-28-20(22-8-5-15-33-22)9-10-21(28)23(30)29(25)12-11-27-13-16-32-17-14-27/h5,8-10,15,19H,2-4,6-7,11-14,16-18H2,1H3,(H,26,31)/t25-/m1/s1. The summed E-state index contributed by atoms with van der Waals surface area (Å²) in [6.45, 7) is 6.68. The number of carbonyl (C=O) groups excluding carboxylic acids is 2. The number of nitrogens with one attached hydrogen (secondary N) is 1. The van der Waals surface area contributed by atoms with Gasteiger partial charge in [-0.3, -0.25) is 14.5 Å². The van der Waals surface area contributed by atoms with Gasteiger partial charge in [0.15, 0.2) is 0 Å². The van der Waals surface area contributed by atoms with Crippen LogP contribution in [0.15, 0.2) is 34.9 Å². The first kappa shape index (κ1) is 22.2. The van der Waals surface area contributed by atoms with Crippen molar-refractivity contribution in [2.24, 2.45) is 0 Å². The summed E-state index contributed by atoms with van der Waals surface area (Å²) < 4.78 is 13.0. The molecule has 33 heavy (non-hydrogen) atoms. The second-order valence-corrected chi connectivity index (χ2v) is 9.66. The Morgan fingerprint density at radius 1 is 1.09 bits per heavy atom. The van der Waals surface area contributed by atoms with E-state index >= 15 is 0 Å². The maximum Gasteiger partial charge on any atom is 0.271 e. The number of carbonyl (C=O) groups is 2. The van der Waals surface area contributed by atoms with Gasteiger partial charge in [0.1, 0.15) is 17.0 Å². The molecule has 2 aromatic heterocycles. The Hall–Kier alpha value is -2.58. The van der Waals surface area contributed by atoms with E-state index in [0.29, 0.717) is 37.8 Å². The molecule has 2 aromatic rings. The fourth-order valence-corrected chi connectivity index (χ4v) is 5.42. The number of ether oxygens (including phenoxy) is 1. The minimum absolute atomic E-state index is 0.0607. The predicted molar refractivity (Wildman–Crippen MR) is 124 cm³/mol. The van der Waals surface area contributed by atoms with Crippen LogP contribution in [0, 0.1) is 0 Å². The molecule has 1 N–H and O–H groups in total. The monoisotopic (exact) mass is 454 g/mol. The van der Waals surface area contributed by atoms with Crippen LogP contribution in [0.3, 0.4) is 0 Å². The predicted octanol–water partition coefficient (Wildman–Crippen LogP) is 2.74. The molecule has 1 saturated heterocycles. The topological polar surface area (TPSA) is 80.0 Å². The van der Waals surface area contributed by atoms with Gasteiger partial charge in [0, 0.05) is 32.2 Å². The van der Waals surface area contributed by atoms with Gasteiger partial charge in [0.05, 0.1) is 31.7 Å². The van der Waals surface area contributed by atoms with E-state index in [-0.39, 0.29) is 17.9 Å². The summed E-state index contributed by atoms with van der Waals surface area (Å²) in [7, 11) is 0. The highest BCUT2D eigenvalue weighted by atomic mass is 16.5. The first-order valence-corrected chi connectivity index (χ1v) is 12.2. The number of hydrogen-bond acceptors (Lipinski definition) is 5. The molecule has 8 nitrogen and oxygen atoms in total. The van der Waals surface area contributed by atoms with E-state index in [4.69, 9.17) is 9.15 Å². The molecule has 5 rings (SSSR count). The number of amides is 2. The Morgan fingerprint density at radius 3 is 2.58 bits per heavy atom. The second-order valence-electron chi connectivity index (χ2n) is 9.66.